The highest BCUT2D eigenvalue weighted by Crippen LogP contribution is 2.36. The average Bonchev–Trinajstić information content (AvgIpc) is 2.46. The first-order chi connectivity index (χ1) is 9.88. The Morgan fingerprint density at radius 1 is 1.38 bits per heavy atom. The van der Waals surface area contributed by atoms with E-state index in [1.165, 1.54) is 0 Å². The summed E-state index contributed by atoms with van der Waals surface area (Å²) in [4.78, 5) is 22.8. The Balaban J connectivity index is 2.17. The first-order valence-corrected chi connectivity index (χ1v) is 7.72. The summed E-state index contributed by atoms with van der Waals surface area (Å²) in [6.45, 7) is 9.61. The topological polar surface area (TPSA) is 66.3 Å². The summed E-state index contributed by atoms with van der Waals surface area (Å²) < 4.78 is 0. The van der Waals surface area contributed by atoms with E-state index in [4.69, 9.17) is 0 Å². The summed E-state index contributed by atoms with van der Waals surface area (Å²) in [5, 5.41) is 9.46. The van der Waals surface area contributed by atoms with Gasteiger partial charge in [-0.25, -0.2) is 9.97 Å². The molecule has 0 aliphatic carbocycles. The molecule has 0 unspecified atom stereocenters. The van der Waals surface area contributed by atoms with Crippen LogP contribution in [0.15, 0.2) is 6.07 Å². The second-order valence-corrected chi connectivity index (χ2v) is 6.31. The van der Waals surface area contributed by atoms with Gasteiger partial charge in [0.05, 0.1) is 5.41 Å². The quantitative estimate of drug-likeness (QED) is 0.923. The van der Waals surface area contributed by atoms with E-state index >= 15 is 0 Å². The Bertz CT molecular complexity index is 520. The van der Waals surface area contributed by atoms with Gasteiger partial charge in [-0.2, -0.15) is 0 Å². The summed E-state index contributed by atoms with van der Waals surface area (Å²) >= 11 is 0. The third kappa shape index (κ3) is 3.17. The minimum Gasteiger partial charge on any atom is -0.481 e. The molecule has 1 saturated heterocycles. The van der Waals surface area contributed by atoms with Gasteiger partial charge >= 0.3 is 5.97 Å². The van der Waals surface area contributed by atoms with Gasteiger partial charge in [-0.15, -0.1) is 0 Å². The van der Waals surface area contributed by atoms with Crippen molar-refractivity contribution in [1.29, 1.82) is 0 Å². The highest BCUT2D eigenvalue weighted by Gasteiger charge is 2.40. The second kappa shape index (κ2) is 6.00. The number of piperidine rings is 1. The van der Waals surface area contributed by atoms with Gasteiger partial charge in [0, 0.05) is 30.8 Å². The molecule has 0 amide bonds. The summed E-state index contributed by atoms with van der Waals surface area (Å²) in [6.07, 6.45) is 2.05. The van der Waals surface area contributed by atoms with E-state index in [0.29, 0.717) is 25.2 Å². The van der Waals surface area contributed by atoms with Crippen LogP contribution in [0.1, 0.15) is 57.5 Å². The molecule has 1 fully saturated rings. The highest BCUT2D eigenvalue weighted by molar-refractivity contribution is 5.75. The number of carboxylic acid groups (broad SMARTS) is 1. The molecule has 116 valence electrons. The van der Waals surface area contributed by atoms with Crippen molar-refractivity contribution in [1.82, 2.24) is 9.97 Å². The molecule has 0 atom stereocenters. The van der Waals surface area contributed by atoms with Gasteiger partial charge in [-0.1, -0.05) is 20.8 Å². The number of hydrogen-bond donors (Lipinski definition) is 1. The average molecular weight is 291 g/mol. The molecular weight excluding hydrogens is 266 g/mol. The Hall–Kier alpha value is -1.65. The van der Waals surface area contributed by atoms with Crippen LogP contribution in [0.4, 0.5) is 5.82 Å². The highest BCUT2D eigenvalue weighted by atomic mass is 16.4. The molecule has 1 aliphatic heterocycles. The maximum absolute atomic E-state index is 11.5. The van der Waals surface area contributed by atoms with E-state index in [9.17, 15) is 9.90 Å². The SMILES string of the molecule is CCC1(C(=O)O)CCN(c2cc(C)nc(C(C)C)n2)CC1. The molecule has 0 spiro atoms. The normalized spacial score (nSPS) is 18.0. The van der Waals surface area contributed by atoms with Crippen molar-refractivity contribution in [3.8, 4) is 0 Å². The summed E-state index contributed by atoms with van der Waals surface area (Å²) in [5.41, 5.74) is 0.411. The van der Waals surface area contributed by atoms with Crippen molar-refractivity contribution in [2.45, 2.75) is 52.9 Å². The van der Waals surface area contributed by atoms with E-state index in [1.54, 1.807) is 0 Å². The van der Waals surface area contributed by atoms with Crippen molar-refractivity contribution in [2.24, 2.45) is 5.41 Å². The number of rotatable bonds is 4. The molecule has 0 saturated carbocycles. The molecule has 1 aromatic heterocycles. The lowest BCUT2D eigenvalue weighted by molar-refractivity contribution is -0.150. The molecular formula is C16H25N3O2. The lowest BCUT2D eigenvalue weighted by Gasteiger charge is -2.39. The third-order valence-corrected chi connectivity index (χ3v) is 4.55. The van der Waals surface area contributed by atoms with Crippen LogP contribution in [0.2, 0.25) is 0 Å². The molecule has 5 heteroatoms. The Morgan fingerprint density at radius 2 is 2.00 bits per heavy atom. The fourth-order valence-electron chi connectivity index (χ4n) is 2.88. The predicted octanol–water partition coefficient (Wildman–Crippen LogP) is 2.99. The third-order valence-electron chi connectivity index (χ3n) is 4.55. The van der Waals surface area contributed by atoms with Gasteiger partial charge in [0.25, 0.3) is 0 Å². The largest absolute Gasteiger partial charge is 0.481 e. The van der Waals surface area contributed by atoms with Gasteiger partial charge in [0.2, 0.25) is 0 Å². The van der Waals surface area contributed by atoms with Gasteiger partial charge < -0.3 is 10.0 Å². The predicted molar refractivity (Wildman–Crippen MR) is 82.7 cm³/mol. The lowest BCUT2D eigenvalue weighted by Crippen LogP contribution is -2.44. The number of hydrogen-bond acceptors (Lipinski definition) is 4. The summed E-state index contributed by atoms with van der Waals surface area (Å²) in [7, 11) is 0. The van der Waals surface area contributed by atoms with Crippen LogP contribution >= 0.6 is 0 Å². The van der Waals surface area contributed by atoms with E-state index in [-0.39, 0.29) is 0 Å². The monoisotopic (exact) mass is 291 g/mol. The molecule has 2 heterocycles. The zero-order valence-corrected chi connectivity index (χ0v) is 13.4. The maximum atomic E-state index is 11.5. The van der Waals surface area contributed by atoms with Crippen LogP contribution in [-0.2, 0) is 4.79 Å². The minimum absolute atomic E-state index is 0.294. The molecule has 5 nitrogen and oxygen atoms in total. The van der Waals surface area contributed by atoms with E-state index in [2.05, 4.69) is 28.7 Å². The molecule has 0 aromatic carbocycles. The number of carboxylic acids is 1. The molecule has 0 bridgehead atoms. The fraction of sp³-hybridized carbons (Fsp3) is 0.688. The van der Waals surface area contributed by atoms with Crippen LogP contribution < -0.4 is 4.90 Å². The van der Waals surface area contributed by atoms with E-state index in [1.807, 2.05) is 19.9 Å². The van der Waals surface area contributed by atoms with Crippen molar-refractivity contribution in [2.75, 3.05) is 18.0 Å². The number of anilines is 1. The molecule has 2 rings (SSSR count). The van der Waals surface area contributed by atoms with Crippen molar-refractivity contribution in [3.05, 3.63) is 17.6 Å². The Kier molecular flexibility index (Phi) is 4.49. The van der Waals surface area contributed by atoms with Crippen molar-refractivity contribution < 1.29 is 9.90 Å². The Labute approximate surface area is 126 Å². The molecule has 21 heavy (non-hydrogen) atoms. The van der Waals surface area contributed by atoms with Crippen LogP contribution in [0, 0.1) is 12.3 Å². The fourth-order valence-corrected chi connectivity index (χ4v) is 2.88. The zero-order chi connectivity index (χ0) is 15.6. The number of carbonyl (C=O) groups is 1. The van der Waals surface area contributed by atoms with E-state index in [0.717, 1.165) is 30.4 Å². The first-order valence-electron chi connectivity index (χ1n) is 7.72. The smallest absolute Gasteiger partial charge is 0.309 e. The number of aromatic nitrogens is 2. The second-order valence-electron chi connectivity index (χ2n) is 6.31. The van der Waals surface area contributed by atoms with Crippen LogP contribution in [0.3, 0.4) is 0 Å². The zero-order valence-electron chi connectivity index (χ0n) is 13.4. The summed E-state index contributed by atoms with van der Waals surface area (Å²) in [6, 6.07) is 1.99. The van der Waals surface area contributed by atoms with Gasteiger partial charge in [-0.05, 0) is 26.2 Å². The number of nitrogens with zero attached hydrogens (tertiary/aromatic N) is 3. The van der Waals surface area contributed by atoms with Gasteiger partial charge in [0.1, 0.15) is 11.6 Å². The first kappa shape index (κ1) is 15.7. The van der Waals surface area contributed by atoms with Crippen LogP contribution in [-0.4, -0.2) is 34.1 Å². The molecule has 0 radical (unpaired) electrons. The maximum Gasteiger partial charge on any atom is 0.309 e. The van der Waals surface area contributed by atoms with Crippen LogP contribution in [0.5, 0.6) is 0 Å². The molecule has 1 aliphatic rings. The van der Waals surface area contributed by atoms with Crippen molar-refractivity contribution >= 4 is 11.8 Å². The van der Waals surface area contributed by atoms with Gasteiger partial charge in [-0.3, -0.25) is 4.79 Å². The summed E-state index contributed by atoms with van der Waals surface area (Å²) in [5.74, 6) is 1.42. The Morgan fingerprint density at radius 3 is 2.48 bits per heavy atom. The lowest BCUT2D eigenvalue weighted by atomic mass is 9.76. The van der Waals surface area contributed by atoms with Crippen LogP contribution in [0.25, 0.3) is 0 Å². The number of aliphatic carboxylic acids is 1. The van der Waals surface area contributed by atoms with E-state index < -0.39 is 11.4 Å². The van der Waals surface area contributed by atoms with Gasteiger partial charge in [0.15, 0.2) is 0 Å². The number of aryl methyl sites for hydroxylation is 1. The van der Waals surface area contributed by atoms with Crippen molar-refractivity contribution in [3.63, 3.8) is 0 Å². The molecule has 1 aromatic rings. The minimum atomic E-state index is -0.661. The molecule has 1 N–H and O–H groups in total. The standard InChI is InChI=1S/C16H25N3O2/c1-5-16(15(20)21)6-8-19(9-7-16)13-10-12(4)17-14(18-13)11(2)3/h10-11H,5-9H2,1-4H3,(H,20,21).